The number of H-pyrrole nitrogens is 1. The molecule has 6 nitrogen and oxygen atoms in total. The van der Waals surface area contributed by atoms with Crippen molar-refractivity contribution >= 4 is 0 Å². The number of hydrogen-bond donors (Lipinski definition) is 2. The van der Waals surface area contributed by atoms with Gasteiger partial charge < -0.3 is 14.8 Å². The van der Waals surface area contributed by atoms with Crippen molar-refractivity contribution in [1.29, 1.82) is 0 Å². The molecule has 1 fully saturated rings. The van der Waals surface area contributed by atoms with Crippen LogP contribution in [-0.2, 0) is 0 Å². The third kappa shape index (κ3) is 2.73. The van der Waals surface area contributed by atoms with Crippen molar-refractivity contribution < 1.29 is 4.52 Å². The van der Waals surface area contributed by atoms with Crippen LogP contribution in [0.5, 0.6) is 0 Å². The summed E-state index contributed by atoms with van der Waals surface area (Å²) in [6, 6.07) is 3.36. The molecule has 2 N–H and O–H groups in total. The van der Waals surface area contributed by atoms with Gasteiger partial charge >= 0.3 is 0 Å². The van der Waals surface area contributed by atoms with E-state index in [1.165, 1.54) is 25.3 Å². The van der Waals surface area contributed by atoms with Gasteiger partial charge in [0.05, 0.1) is 6.04 Å². The maximum atomic E-state index is 11.3. The smallest absolute Gasteiger partial charge is 0.258 e. The molecule has 1 atom stereocenters. The van der Waals surface area contributed by atoms with Crippen LogP contribution in [0.4, 0.5) is 0 Å². The molecule has 6 heteroatoms. The van der Waals surface area contributed by atoms with Crippen molar-refractivity contribution in [1.82, 2.24) is 20.4 Å². The first-order valence-electron chi connectivity index (χ1n) is 6.59. The van der Waals surface area contributed by atoms with Gasteiger partial charge in [0.1, 0.15) is 0 Å². The van der Waals surface area contributed by atoms with Crippen molar-refractivity contribution in [2.45, 2.75) is 31.7 Å². The van der Waals surface area contributed by atoms with Crippen LogP contribution < -0.4 is 10.9 Å². The van der Waals surface area contributed by atoms with Gasteiger partial charge in [0.2, 0.25) is 5.56 Å². The summed E-state index contributed by atoms with van der Waals surface area (Å²) in [7, 11) is 0. The maximum Gasteiger partial charge on any atom is 0.258 e. The molecular formula is C13H16N4O2. The average molecular weight is 260 g/mol. The van der Waals surface area contributed by atoms with Gasteiger partial charge in [-0.25, -0.2) is 0 Å². The predicted octanol–water partition coefficient (Wildman–Crippen LogP) is 1.63. The standard InChI is InChI=1S/C13H16N4O2/c18-11-8-9(5-7-15-11)13-16-12(17-19-13)10-4-2-1-3-6-14-10/h5,7-8,10,14H,1-4,6H2,(H,15,18). The van der Waals surface area contributed by atoms with Crippen LogP contribution in [0.2, 0.25) is 0 Å². The highest BCUT2D eigenvalue weighted by atomic mass is 16.5. The summed E-state index contributed by atoms with van der Waals surface area (Å²) >= 11 is 0. The van der Waals surface area contributed by atoms with Crippen LogP contribution in [0.15, 0.2) is 27.6 Å². The van der Waals surface area contributed by atoms with Gasteiger partial charge in [-0.3, -0.25) is 4.79 Å². The third-order valence-electron chi connectivity index (χ3n) is 3.34. The van der Waals surface area contributed by atoms with E-state index in [1.807, 2.05) is 0 Å². The predicted molar refractivity (Wildman–Crippen MR) is 69.6 cm³/mol. The van der Waals surface area contributed by atoms with E-state index in [1.54, 1.807) is 12.3 Å². The molecule has 2 aromatic rings. The molecule has 0 aliphatic carbocycles. The summed E-state index contributed by atoms with van der Waals surface area (Å²) in [6.45, 7) is 0.986. The van der Waals surface area contributed by atoms with E-state index >= 15 is 0 Å². The summed E-state index contributed by atoms with van der Waals surface area (Å²) in [5.41, 5.74) is 0.473. The minimum absolute atomic E-state index is 0.155. The zero-order valence-corrected chi connectivity index (χ0v) is 10.6. The average Bonchev–Trinajstić information content (AvgIpc) is 2.75. The summed E-state index contributed by atoms with van der Waals surface area (Å²) < 4.78 is 5.25. The third-order valence-corrected chi connectivity index (χ3v) is 3.34. The number of rotatable bonds is 2. The van der Waals surface area contributed by atoms with Crippen LogP contribution in [0.1, 0.15) is 37.5 Å². The molecule has 1 unspecified atom stereocenters. The van der Waals surface area contributed by atoms with Crippen LogP contribution >= 0.6 is 0 Å². The molecule has 0 spiro atoms. The molecule has 0 saturated carbocycles. The van der Waals surface area contributed by atoms with Crippen LogP contribution in [0.25, 0.3) is 11.5 Å². The van der Waals surface area contributed by atoms with E-state index < -0.39 is 0 Å². The number of pyridine rings is 1. The van der Waals surface area contributed by atoms with Crippen molar-refractivity contribution in [2.75, 3.05) is 6.54 Å². The number of nitrogens with one attached hydrogen (secondary N) is 2. The highest BCUT2D eigenvalue weighted by Gasteiger charge is 2.19. The summed E-state index contributed by atoms with van der Waals surface area (Å²) in [6.07, 6.45) is 6.20. The van der Waals surface area contributed by atoms with Gasteiger partial charge in [-0.05, 0) is 25.5 Å². The Morgan fingerprint density at radius 2 is 2.26 bits per heavy atom. The lowest BCUT2D eigenvalue weighted by atomic mass is 10.1. The molecule has 100 valence electrons. The van der Waals surface area contributed by atoms with E-state index in [2.05, 4.69) is 20.4 Å². The molecule has 1 saturated heterocycles. The number of aromatic nitrogens is 3. The number of nitrogens with zero attached hydrogens (tertiary/aromatic N) is 2. The van der Waals surface area contributed by atoms with Gasteiger partial charge in [0, 0.05) is 17.8 Å². The second kappa shape index (κ2) is 5.36. The topological polar surface area (TPSA) is 83.8 Å². The van der Waals surface area contributed by atoms with Gasteiger partial charge in [-0.1, -0.05) is 18.0 Å². The Hall–Kier alpha value is -1.95. The van der Waals surface area contributed by atoms with E-state index in [-0.39, 0.29) is 11.6 Å². The first-order chi connectivity index (χ1) is 9.33. The zero-order chi connectivity index (χ0) is 13.1. The van der Waals surface area contributed by atoms with Crippen molar-refractivity contribution in [3.05, 3.63) is 34.5 Å². The summed E-state index contributed by atoms with van der Waals surface area (Å²) in [5.74, 6) is 1.07. The first kappa shape index (κ1) is 12.1. The van der Waals surface area contributed by atoms with E-state index in [4.69, 9.17) is 4.52 Å². The Balaban J connectivity index is 1.84. The highest BCUT2D eigenvalue weighted by molar-refractivity contribution is 5.51. The fourth-order valence-electron chi connectivity index (χ4n) is 2.32. The Labute approximate surface area is 110 Å². The van der Waals surface area contributed by atoms with E-state index in [0.717, 1.165) is 13.0 Å². The number of hydrogen-bond acceptors (Lipinski definition) is 5. The lowest BCUT2D eigenvalue weighted by molar-refractivity contribution is 0.402. The minimum Gasteiger partial charge on any atom is -0.334 e. The molecule has 0 amide bonds. The second-order valence-electron chi connectivity index (χ2n) is 4.76. The second-order valence-corrected chi connectivity index (χ2v) is 4.76. The molecule has 3 heterocycles. The van der Waals surface area contributed by atoms with Crippen molar-refractivity contribution in [2.24, 2.45) is 0 Å². The largest absolute Gasteiger partial charge is 0.334 e. The Kier molecular flexibility index (Phi) is 3.41. The van der Waals surface area contributed by atoms with Gasteiger partial charge in [0.25, 0.3) is 5.89 Å². The molecule has 0 bridgehead atoms. The van der Waals surface area contributed by atoms with Gasteiger partial charge in [-0.2, -0.15) is 4.98 Å². The fourth-order valence-corrected chi connectivity index (χ4v) is 2.32. The first-order valence-corrected chi connectivity index (χ1v) is 6.59. The molecule has 0 radical (unpaired) electrons. The monoisotopic (exact) mass is 260 g/mol. The summed E-state index contributed by atoms with van der Waals surface area (Å²) in [4.78, 5) is 18.2. The fraction of sp³-hybridized carbons (Fsp3) is 0.462. The molecule has 19 heavy (non-hydrogen) atoms. The van der Waals surface area contributed by atoms with E-state index in [0.29, 0.717) is 17.3 Å². The van der Waals surface area contributed by atoms with Crippen LogP contribution in [0, 0.1) is 0 Å². The summed E-state index contributed by atoms with van der Waals surface area (Å²) in [5, 5.41) is 7.45. The molecule has 1 aliphatic rings. The Morgan fingerprint density at radius 1 is 1.32 bits per heavy atom. The number of aromatic amines is 1. The van der Waals surface area contributed by atoms with Crippen molar-refractivity contribution in [3.8, 4) is 11.5 Å². The molecule has 0 aromatic carbocycles. The van der Waals surface area contributed by atoms with Crippen LogP contribution in [-0.4, -0.2) is 21.7 Å². The Bertz CT molecular complexity index is 596. The zero-order valence-electron chi connectivity index (χ0n) is 10.6. The van der Waals surface area contributed by atoms with Crippen LogP contribution in [0.3, 0.4) is 0 Å². The molecule has 2 aromatic heterocycles. The molecule has 1 aliphatic heterocycles. The maximum absolute atomic E-state index is 11.3. The highest BCUT2D eigenvalue weighted by Crippen LogP contribution is 2.23. The minimum atomic E-state index is -0.176. The van der Waals surface area contributed by atoms with Gasteiger partial charge in [0.15, 0.2) is 5.82 Å². The quantitative estimate of drug-likeness (QED) is 0.857. The lowest BCUT2D eigenvalue weighted by Crippen LogP contribution is -2.21. The lowest BCUT2D eigenvalue weighted by Gasteiger charge is -2.09. The van der Waals surface area contributed by atoms with Gasteiger partial charge in [-0.15, -0.1) is 0 Å². The molecular weight excluding hydrogens is 244 g/mol. The normalized spacial score (nSPS) is 20.1. The molecule has 3 rings (SSSR count). The van der Waals surface area contributed by atoms with Crippen molar-refractivity contribution in [3.63, 3.8) is 0 Å². The Morgan fingerprint density at radius 3 is 3.16 bits per heavy atom. The SMILES string of the molecule is O=c1cc(-c2nc(C3CCCCCN3)no2)cc[nH]1. The van der Waals surface area contributed by atoms with E-state index in [9.17, 15) is 4.79 Å².